The molecule has 0 aliphatic heterocycles. The molecule has 1 heterocycles. The van der Waals surface area contributed by atoms with Crippen molar-refractivity contribution in [3.8, 4) is 0 Å². The Hall–Kier alpha value is -1.12. The smallest absolute Gasteiger partial charge is 0.180 e. The molecule has 13 heavy (non-hydrogen) atoms. The summed E-state index contributed by atoms with van der Waals surface area (Å²) in [7, 11) is 0. The summed E-state index contributed by atoms with van der Waals surface area (Å²) >= 11 is 0. The number of nitrogens with one attached hydrogen (secondary N) is 1. The minimum atomic E-state index is 0.190. The van der Waals surface area contributed by atoms with Crippen LogP contribution in [-0.4, -0.2) is 16.0 Å². The predicted octanol–water partition coefficient (Wildman–Crippen LogP) is 1.88. The zero-order valence-electron chi connectivity index (χ0n) is 7.89. The molecule has 0 spiro atoms. The van der Waals surface area contributed by atoms with Crippen LogP contribution in [0.2, 0.25) is 0 Å². The minimum Gasteiger partial charge on any atom is -0.292 e. The van der Waals surface area contributed by atoms with Crippen molar-refractivity contribution in [1.29, 1.82) is 0 Å². The maximum absolute atomic E-state index is 11.5. The number of H-pyrrole nitrogens is 1. The number of hydrogen-bond donors (Lipinski definition) is 1. The summed E-state index contributed by atoms with van der Waals surface area (Å²) in [5.74, 6) is 0.190. The third kappa shape index (κ3) is 1.39. The van der Waals surface area contributed by atoms with Crippen LogP contribution in [0.25, 0.3) is 0 Å². The van der Waals surface area contributed by atoms with E-state index in [-0.39, 0.29) is 5.78 Å². The largest absolute Gasteiger partial charge is 0.292 e. The highest BCUT2D eigenvalue weighted by atomic mass is 16.1. The van der Waals surface area contributed by atoms with Crippen molar-refractivity contribution in [3.63, 3.8) is 0 Å². The SMILES string of the molecule is CCC(=O)c1[nH]nc2c1CCCC2. The van der Waals surface area contributed by atoms with E-state index in [1.807, 2.05) is 6.92 Å². The molecule has 1 aliphatic rings. The Morgan fingerprint density at radius 3 is 3.00 bits per heavy atom. The van der Waals surface area contributed by atoms with Gasteiger partial charge in [-0.25, -0.2) is 0 Å². The first-order valence-electron chi connectivity index (χ1n) is 4.92. The normalized spacial score (nSPS) is 15.5. The highest BCUT2D eigenvalue weighted by Crippen LogP contribution is 2.22. The van der Waals surface area contributed by atoms with E-state index in [0.29, 0.717) is 6.42 Å². The van der Waals surface area contributed by atoms with Crippen LogP contribution in [0.15, 0.2) is 0 Å². The Kier molecular flexibility index (Phi) is 2.17. The van der Waals surface area contributed by atoms with Crippen LogP contribution in [0, 0.1) is 0 Å². The van der Waals surface area contributed by atoms with Gasteiger partial charge >= 0.3 is 0 Å². The summed E-state index contributed by atoms with van der Waals surface area (Å²) in [6.07, 6.45) is 5.01. The fourth-order valence-corrected chi connectivity index (χ4v) is 1.88. The number of aryl methyl sites for hydroxylation is 1. The van der Waals surface area contributed by atoms with Crippen molar-refractivity contribution in [1.82, 2.24) is 10.2 Å². The lowest BCUT2D eigenvalue weighted by atomic mass is 9.94. The van der Waals surface area contributed by atoms with Crippen molar-refractivity contribution < 1.29 is 4.79 Å². The van der Waals surface area contributed by atoms with Gasteiger partial charge in [-0.3, -0.25) is 9.89 Å². The van der Waals surface area contributed by atoms with Gasteiger partial charge in [0.05, 0.1) is 5.69 Å². The number of hydrogen-bond acceptors (Lipinski definition) is 2. The van der Waals surface area contributed by atoms with Gasteiger partial charge in [0.25, 0.3) is 0 Å². The van der Waals surface area contributed by atoms with Crippen LogP contribution in [0.3, 0.4) is 0 Å². The fraction of sp³-hybridized carbons (Fsp3) is 0.600. The monoisotopic (exact) mass is 178 g/mol. The molecule has 0 saturated heterocycles. The lowest BCUT2D eigenvalue weighted by Crippen LogP contribution is -2.06. The zero-order valence-corrected chi connectivity index (χ0v) is 7.89. The minimum absolute atomic E-state index is 0.190. The quantitative estimate of drug-likeness (QED) is 0.703. The van der Waals surface area contributed by atoms with E-state index < -0.39 is 0 Å². The standard InChI is InChI=1S/C10H14N2O/c1-2-9(13)10-7-5-3-4-6-8(7)11-12-10/h2-6H2,1H3,(H,11,12). The van der Waals surface area contributed by atoms with Crippen molar-refractivity contribution in [2.24, 2.45) is 0 Å². The number of rotatable bonds is 2. The third-order valence-electron chi connectivity index (χ3n) is 2.64. The summed E-state index contributed by atoms with van der Waals surface area (Å²) in [6, 6.07) is 0. The van der Waals surface area contributed by atoms with Crippen LogP contribution in [0.1, 0.15) is 47.9 Å². The highest BCUT2D eigenvalue weighted by molar-refractivity contribution is 5.95. The van der Waals surface area contributed by atoms with E-state index in [1.54, 1.807) is 0 Å². The van der Waals surface area contributed by atoms with Crippen molar-refractivity contribution in [3.05, 3.63) is 17.0 Å². The topological polar surface area (TPSA) is 45.8 Å². The average molecular weight is 178 g/mol. The van der Waals surface area contributed by atoms with Gasteiger partial charge in [-0.15, -0.1) is 0 Å². The van der Waals surface area contributed by atoms with Crippen LogP contribution >= 0.6 is 0 Å². The number of nitrogens with zero attached hydrogens (tertiary/aromatic N) is 1. The highest BCUT2D eigenvalue weighted by Gasteiger charge is 2.19. The molecule has 1 N–H and O–H groups in total. The molecule has 1 aromatic heterocycles. The first-order chi connectivity index (χ1) is 6.33. The Bertz CT molecular complexity index is 328. The van der Waals surface area contributed by atoms with Crippen molar-refractivity contribution in [2.45, 2.75) is 39.0 Å². The van der Waals surface area contributed by atoms with Gasteiger partial charge in [-0.05, 0) is 25.7 Å². The second kappa shape index (κ2) is 3.32. The first kappa shape index (κ1) is 8.48. The molecule has 1 aliphatic carbocycles. The second-order valence-electron chi connectivity index (χ2n) is 3.51. The molecule has 2 rings (SSSR count). The van der Waals surface area contributed by atoms with E-state index in [1.165, 1.54) is 18.4 Å². The number of fused-ring (bicyclic) bond motifs is 1. The van der Waals surface area contributed by atoms with Gasteiger partial charge in [0.2, 0.25) is 0 Å². The number of Topliss-reactive ketones (excluding diaryl/α,β-unsaturated/α-hetero) is 1. The van der Waals surface area contributed by atoms with Gasteiger partial charge < -0.3 is 0 Å². The summed E-state index contributed by atoms with van der Waals surface area (Å²) in [5, 5.41) is 7.05. The van der Waals surface area contributed by atoms with Crippen LogP contribution in [-0.2, 0) is 12.8 Å². The van der Waals surface area contributed by atoms with Gasteiger partial charge in [-0.2, -0.15) is 5.10 Å². The molecule has 3 heteroatoms. The number of carbonyl (C=O) groups is 1. The Labute approximate surface area is 77.5 Å². The molecule has 0 fully saturated rings. The number of aromatic amines is 1. The molecule has 70 valence electrons. The molecule has 0 amide bonds. The summed E-state index contributed by atoms with van der Waals surface area (Å²) < 4.78 is 0. The molecule has 0 aromatic carbocycles. The van der Waals surface area contributed by atoms with Gasteiger partial charge in [0, 0.05) is 12.0 Å². The Morgan fingerprint density at radius 2 is 2.23 bits per heavy atom. The van der Waals surface area contributed by atoms with E-state index in [2.05, 4.69) is 10.2 Å². The van der Waals surface area contributed by atoms with Gasteiger partial charge in [0.1, 0.15) is 5.69 Å². The van der Waals surface area contributed by atoms with Crippen molar-refractivity contribution >= 4 is 5.78 Å². The number of aromatic nitrogens is 2. The van der Waals surface area contributed by atoms with Gasteiger partial charge in [-0.1, -0.05) is 6.92 Å². The van der Waals surface area contributed by atoms with Crippen LogP contribution in [0.5, 0.6) is 0 Å². The number of ketones is 1. The van der Waals surface area contributed by atoms with Crippen LogP contribution in [0.4, 0.5) is 0 Å². The summed E-state index contributed by atoms with van der Waals surface area (Å²) in [5.41, 5.74) is 3.05. The zero-order chi connectivity index (χ0) is 9.26. The van der Waals surface area contributed by atoms with E-state index in [0.717, 1.165) is 24.2 Å². The molecule has 1 aromatic rings. The number of carbonyl (C=O) groups excluding carboxylic acids is 1. The second-order valence-corrected chi connectivity index (χ2v) is 3.51. The molecular formula is C10H14N2O. The maximum atomic E-state index is 11.5. The maximum Gasteiger partial charge on any atom is 0.180 e. The van der Waals surface area contributed by atoms with Crippen LogP contribution < -0.4 is 0 Å². The molecule has 0 saturated carbocycles. The lowest BCUT2D eigenvalue weighted by Gasteiger charge is -2.09. The van der Waals surface area contributed by atoms with Gasteiger partial charge in [0.15, 0.2) is 5.78 Å². The van der Waals surface area contributed by atoms with E-state index in [4.69, 9.17) is 0 Å². The Morgan fingerprint density at radius 1 is 1.46 bits per heavy atom. The Balaban J connectivity index is 2.36. The molecule has 3 nitrogen and oxygen atoms in total. The lowest BCUT2D eigenvalue weighted by molar-refractivity contribution is 0.0982. The van der Waals surface area contributed by atoms with E-state index >= 15 is 0 Å². The fourth-order valence-electron chi connectivity index (χ4n) is 1.88. The summed E-state index contributed by atoms with van der Waals surface area (Å²) in [4.78, 5) is 11.5. The van der Waals surface area contributed by atoms with E-state index in [9.17, 15) is 4.79 Å². The molecule has 0 radical (unpaired) electrons. The summed E-state index contributed by atoms with van der Waals surface area (Å²) in [6.45, 7) is 1.89. The predicted molar refractivity (Wildman–Crippen MR) is 49.9 cm³/mol. The first-order valence-corrected chi connectivity index (χ1v) is 4.92. The molecule has 0 atom stereocenters. The molecular weight excluding hydrogens is 164 g/mol. The molecule has 0 unspecified atom stereocenters. The molecule has 0 bridgehead atoms. The average Bonchev–Trinajstić information content (AvgIpc) is 2.60. The van der Waals surface area contributed by atoms with Crippen molar-refractivity contribution in [2.75, 3.05) is 0 Å². The third-order valence-corrected chi connectivity index (χ3v) is 2.64.